The van der Waals surface area contributed by atoms with Crippen LogP contribution < -0.4 is 10.8 Å². The van der Waals surface area contributed by atoms with Crippen LogP contribution in [0.25, 0.3) is 5.57 Å². The van der Waals surface area contributed by atoms with Gasteiger partial charge in [-0.3, -0.25) is 14.6 Å². The molecule has 0 amide bonds. The lowest BCUT2D eigenvalue weighted by Crippen LogP contribution is -2.51. The zero-order valence-electron chi connectivity index (χ0n) is 23.1. The number of nitrogens with zero attached hydrogens (tertiary/aromatic N) is 1. The van der Waals surface area contributed by atoms with E-state index in [4.69, 9.17) is 9.57 Å². The van der Waals surface area contributed by atoms with Crippen LogP contribution in [-0.4, -0.2) is 43.2 Å². The minimum Gasteiger partial charge on any atom is -0.464 e. The minimum absolute atomic E-state index is 0.0192. The number of rotatable bonds is 9. The number of hydrogen-bond donors (Lipinski definition) is 2. The predicted octanol–water partition coefficient (Wildman–Crippen LogP) is 5.00. The van der Waals surface area contributed by atoms with E-state index in [1.165, 1.54) is 42.4 Å². The molecule has 0 radical (unpaired) electrons. The molecule has 0 bridgehead atoms. The van der Waals surface area contributed by atoms with Crippen molar-refractivity contribution in [2.75, 3.05) is 20.2 Å². The monoisotopic (exact) mass is 521 g/mol. The lowest BCUT2D eigenvalue weighted by atomic mass is 9.46. The molecule has 0 aromatic carbocycles. The minimum atomic E-state index is -0.421. The molecule has 5 rings (SSSR count). The number of aromatic nitrogens is 1. The zero-order chi connectivity index (χ0) is 26.8. The Bertz CT molecular complexity index is 1090. The molecule has 0 spiro atoms. The number of carbonyl (C=O) groups is 2. The van der Waals surface area contributed by atoms with Crippen molar-refractivity contribution < 1.29 is 19.2 Å². The van der Waals surface area contributed by atoms with Gasteiger partial charge in [0, 0.05) is 18.9 Å². The van der Waals surface area contributed by atoms with Gasteiger partial charge >= 0.3 is 11.9 Å². The number of carbonyl (C=O) groups excluding carboxylic acids is 2. The van der Waals surface area contributed by atoms with Crippen LogP contribution in [0.4, 0.5) is 0 Å². The first-order valence-electron chi connectivity index (χ1n) is 14.4. The van der Waals surface area contributed by atoms with E-state index in [1.54, 1.807) is 7.05 Å². The Morgan fingerprint density at radius 3 is 2.68 bits per heavy atom. The number of esters is 1. The largest absolute Gasteiger partial charge is 0.464 e. The van der Waals surface area contributed by atoms with Crippen molar-refractivity contribution in [2.45, 2.75) is 77.7 Å². The average Bonchev–Trinajstić information content (AvgIpc) is 3.28. The molecule has 7 heteroatoms. The Balaban J connectivity index is 1.17. The molecule has 1 heterocycles. The maximum absolute atomic E-state index is 12.2. The number of hydrogen-bond acceptors (Lipinski definition) is 7. The van der Waals surface area contributed by atoms with Gasteiger partial charge in [0.15, 0.2) is 0 Å². The van der Waals surface area contributed by atoms with E-state index in [0.717, 1.165) is 25.2 Å². The smallest absolute Gasteiger partial charge is 0.325 e. The molecule has 2 saturated carbocycles. The van der Waals surface area contributed by atoms with Crippen LogP contribution >= 0.6 is 0 Å². The topological polar surface area (TPSA) is 89.5 Å². The van der Waals surface area contributed by atoms with Gasteiger partial charge in [-0.1, -0.05) is 37.6 Å². The molecule has 206 valence electrons. The molecule has 2 fully saturated rings. The quantitative estimate of drug-likeness (QED) is 0.205. The van der Waals surface area contributed by atoms with Gasteiger partial charge in [-0.15, -0.1) is 5.48 Å². The summed E-state index contributed by atoms with van der Waals surface area (Å²) < 4.78 is 5.06. The third-order valence-electron chi connectivity index (χ3n) is 10.1. The average molecular weight is 522 g/mol. The summed E-state index contributed by atoms with van der Waals surface area (Å²) in [6, 6.07) is 4.31. The number of pyridine rings is 1. The summed E-state index contributed by atoms with van der Waals surface area (Å²) in [5.41, 5.74) is 7.80. The summed E-state index contributed by atoms with van der Waals surface area (Å²) in [4.78, 5) is 33.6. The first-order valence-corrected chi connectivity index (χ1v) is 14.4. The van der Waals surface area contributed by atoms with Crippen molar-refractivity contribution in [1.29, 1.82) is 0 Å². The number of hydroxylamine groups is 1. The van der Waals surface area contributed by atoms with Crippen molar-refractivity contribution in [3.05, 3.63) is 47.8 Å². The fraction of sp³-hybridized carbons (Fsp3) is 0.645. The van der Waals surface area contributed by atoms with Crippen molar-refractivity contribution in [2.24, 2.45) is 28.6 Å². The van der Waals surface area contributed by atoms with Crippen LogP contribution in [0.1, 0.15) is 77.2 Å². The zero-order valence-corrected chi connectivity index (χ0v) is 23.1. The van der Waals surface area contributed by atoms with E-state index < -0.39 is 5.97 Å². The molecule has 1 unspecified atom stereocenters. The van der Waals surface area contributed by atoms with Crippen molar-refractivity contribution in [1.82, 2.24) is 15.8 Å². The van der Waals surface area contributed by atoms with Crippen LogP contribution in [0, 0.1) is 28.6 Å². The van der Waals surface area contributed by atoms with E-state index >= 15 is 0 Å². The molecule has 0 saturated heterocycles. The molecule has 7 nitrogen and oxygen atoms in total. The predicted molar refractivity (Wildman–Crippen MR) is 146 cm³/mol. The second-order valence-electron chi connectivity index (χ2n) is 12.1. The van der Waals surface area contributed by atoms with E-state index in [9.17, 15) is 9.59 Å². The van der Waals surface area contributed by atoms with Gasteiger partial charge < -0.3 is 14.9 Å². The normalized spacial score (nSPS) is 33.8. The van der Waals surface area contributed by atoms with Crippen molar-refractivity contribution in [3.63, 3.8) is 0 Å². The standard InChI is InChI=1S/C31H43N3O4/c1-30-14-12-23(34-38-29(36)11-10-28(35)37-18-17-32-3)19-22(30)6-7-24-26-9-8-25(21-5-4-16-33-20-21)31(26,2)15-13-27(24)30/h4-5,8,16,19-20,23-24,26-27,32,34H,6-7,9-15,17-18H2,1-3H3/t23?,24-,26+,27+,30+,31-/m1/s1. The highest BCUT2D eigenvalue weighted by Gasteiger charge is 2.57. The summed E-state index contributed by atoms with van der Waals surface area (Å²) in [6.45, 7) is 5.90. The van der Waals surface area contributed by atoms with E-state index in [-0.39, 0.29) is 35.7 Å². The summed E-state index contributed by atoms with van der Waals surface area (Å²) >= 11 is 0. The number of fused-ring (bicyclic) bond motifs is 5. The molecule has 0 aliphatic heterocycles. The Labute approximate surface area is 226 Å². The van der Waals surface area contributed by atoms with Crippen LogP contribution in [0.15, 0.2) is 42.3 Å². The Hall–Kier alpha value is -2.51. The molecule has 6 atom stereocenters. The third kappa shape index (κ3) is 5.20. The summed E-state index contributed by atoms with van der Waals surface area (Å²) in [7, 11) is 1.79. The maximum atomic E-state index is 12.2. The van der Waals surface area contributed by atoms with Gasteiger partial charge in [-0.25, -0.2) is 0 Å². The second-order valence-corrected chi connectivity index (χ2v) is 12.1. The molecule has 38 heavy (non-hydrogen) atoms. The fourth-order valence-electron chi connectivity index (χ4n) is 8.09. The first-order chi connectivity index (χ1) is 18.3. The van der Waals surface area contributed by atoms with Crippen LogP contribution in [0.3, 0.4) is 0 Å². The lowest BCUT2D eigenvalue weighted by Gasteiger charge is -2.58. The number of likely N-dealkylation sites (N-methyl/N-ethyl adjacent to an activating group) is 1. The third-order valence-corrected chi connectivity index (χ3v) is 10.1. The molecule has 1 aromatic heterocycles. The van der Waals surface area contributed by atoms with E-state index in [0.29, 0.717) is 25.0 Å². The number of allylic oxidation sites excluding steroid dienone is 3. The molecule has 4 aliphatic carbocycles. The summed E-state index contributed by atoms with van der Waals surface area (Å²) in [5, 5.41) is 2.91. The first kappa shape index (κ1) is 27.1. The molecular weight excluding hydrogens is 478 g/mol. The lowest BCUT2D eigenvalue weighted by molar-refractivity contribution is -0.156. The van der Waals surface area contributed by atoms with Gasteiger partial charge in [0.05, 0.1) is 18.9 Å². The van der Waals surface area contributed by atoms with E-state index in [1.807, 2.05) is 12.4 Å². The summed E-state index contributed by atoms with van der Waals surface area (Å²) in [6.07, 6.45) is 16.9. The second kappa shape index (κ2) is 11.3. The van der Waals surface area contributed by atoms with Gasteiger partial charge in [0.1, 0.15) is 6.61 Å². The highest BCUT2D eigenvalue weighted by atomic mass is 16.7. The van der Waals surface area contributed by atoms with Gasteiger partial charge in [-0.2, -0.15) is 0 Å². The van der Waals surface area contributed by atoms with Gasteiger partial charge in [0.2, 0.25) is 0 Å². The molecule has 1 aromatic rings. The highest BCUT2D eigenvalue weighted by molar-refractivity contribution is 5.77. The van der Waals surface area contributed by atoms with Gasteiger partial charge in [0.25, 0.3) is 0 Å². The van der Waals surface area contributed by atoms with Crippen LogP contribution in [-0.2, 0) is 19.2 Å². The maximum Gasteiger partial charge on any atom is 0.325 e. The van der Waals surface area contributed by atoms with Crippen LogP contribution in [0.2, 0.25) is 0 Å². The number of ether oxygens (including phenoxy) is 1. The van der Waals surface area contributed by atoms with Crippen LogP contribution in [0.5, 0.6) is 0 Å². The Kier molecular flexibility index (Phi) is 8.06. The van der Waals surface area contributed by atoms with Gasteiger partial charge in [-0.05, 0) is 97.8 Å². The highest BCUT2D eigenvalue weighted by Crippen LogP contribution is 2.66. The number of nitrogens with one attached hydrogen (secondary N) is 2. The SMILES string of the molecule is CNCCOC(=O)CCC(=O)ONC1C=C2CC[C@H]3[C@H](CC[C@]4(C)C(c5cccnc5)=CC[C@@H]34)[C@@]2(C)CC1. The molecular formula is C31H43N3O4. The van der Waals surface area contributed by atoms with Crippen molar-refractivity contribution in [3.8, 4) is 0 Å². The fourth-order valence-corrected chi connectivity index (χ4v) is 8.09. The summed E-state index contributed by atoms with van der Waals surface area (Å²) in [5.74, 6) is 1.36. The molecule has 2 N–H and O–H groups in total. The van der Waals surface area contributed by atoms with E-state index in [2.05, 4.69) is 53.9 Å². The Morgan fingerprint density at radius 2 is 1.89 bits per heavy atom. The molecule has 4 aliphatic rings. The Morgan fingerprint density at radius 1 is 1.08 bits per heavy atom. The van der Waals surface area contributed by atoms with Crippen molar-refractivity contribution >= 4 is 17.5 Å².